The number of hydrogen-bond acceptors (Lipinski definition) is 3. The number of carboxylic acids is 1. The fourth-order valence-electron chi connectivity index (χ4n) is 2.57. The predicted molar refractivity (Wildman–Crippen MR) is 76.4 cm³/mol. The molecule has 0 radical (unpaired) electrons. The van der Waals surface area contributed by atoms with Crippen LogP contribution in [0.25, 0.3) is 0 Å². The first-order valence-electron chi connectivity index (χ1n) is 6.89. The molecule has 0 unspecified atom stereocenters. The molecule has 1 heterocycles. The Hall–Kier alpha value is -1.55. The summed E-state index contributed by atoms with van der Waals surface area (Å²) in [7, 11) is 0. The predicted octanol–water partition coefficient (Wildman–Crippen LogP) is 1.88. The van der Waals surface area contributed by atoms with Crippen LogP contribution in [0.15, 0.2) is 24.3 Å². The number of benzene rings is 1. The van der Waals surface area contributed by atoms with E-state index in [2.05, 4.69) is 17.9 Å². The first-order chi connectivity index (χ1) is 9.08. The number of carbonyl (C=O) groups is 1. The molecular formula is C15H22N2O2. The van der Waals surface area contributed by atoms with E-state index < -0.39 is 12.0 Å². The van der Waals surface area contributed by atoms with Crippen LogP contribution in [0.3, 0.4) is 0 Å². The Kier molecular flexibility index (Phi) is 4.43. The molecule has 0 bridgehead atoms. The van der Waals surface area contributed by atoms with Crippen LogP contribution in [0.1, 0.15) is 25.3 Å². The summed E-state index contributed by atoms with van der Waals surface area (Å²) in [6, 6.07) is 7.17. The van der Waals surface area contributed by atoms with Crippen molar-refractivity contribution in [2.45, 2.75) is 32.2 Å². The minimum atomic E-state index is -0.943. The van der Waals surface area contributed by atoms with E-state index in [-0.39, 0.29) is 0 Å². The summed E-state index contributed by atoms with van der Waals surface area (Å²) in [5.74, 6) is -0.160. The zero-order valence-electron chi connectivity index (χ0n) is 11.4. The highest BCUT2D eigenvalue weighted by Gasteiger charge is 2.20. The van der Waals surface area contributed by atoms with E-state index in [1.165, 1.54) is 12.8 Å². The Balaban J connectivity index is 2.14. The summed E-state index contributed by atoms with van der Waals surface area (Å²) in [5, 5.41) is 8.94. The van der Waals surface area contributed by atoms with Crippen molar-refractivity contribution in [2.24, 2.45) is 11.7 Å². The van der Waals surface area contributed by atoms with E-state index in [1.54, 1.807) is 0 Å². The molecule has 2 rings (SSSR count). The third kappa shape index (κ3) is 3.47. The van der Waals surface area contributed by atoms with Gasteiger partial charge in [-0.25, -0.2) is 0 Å². The molecule has 0 aliphatic carbocycles. The lowest BCUT2D eigenvalue weighted by atomic mass is 9.97. The van der Waals surface area contributed by atoms with Crippen molar-refractivity contribution in [3.05, 3.63) is 29.8 Å². The van der Waals surface area contributed by atoms with Crippen LogP contribution < -0.4 is 10.6 Å². The lowest BCUT2D eigenvalue weighted by molar-refractivity contribution is -0.138. The Morgan fingerprint density at radius 2 is 2.05 bits per heavy atom. The third-order valence-electron chi connectivity index (χ3n) is 3.87. The third-order valence-corrected chi connectivity index (χ3v) is 3.87. The lowest BCUT2D eigenvalue weighted by Crippen LogP contribution is -2.35. The highest BCUT2D eigenvalue weighted by Crippen LogP contribution is 2.26. The second-order valence-electron chi connectivity index (χ2n) is 5.45. The van der Waals surface area contributed by atoms with Gasteiger partial charge in [-0.05, 0) is 30.4 Å². The Labute approximate surface area is 114 Å². The van der Waals surface area contributed by atoms with Gasteiger partial charge in [0.15, 0.2) is 0 Å². The lowest BCUT2D eigenvalue weighted by Gasteiger charge is -2.33. The van der Waals surface area contributed by atoms with Crippen molar-refractivity contribution < 1.29 is 9.90 Å². The molecule has 1 aromatic carbocycles. The SMILES string of the molecule is CC1CCN(c2ccccc2C[C@H](N)C(=O)O)CC1. The van der Waals surface area contributed by atoms with Crippen LogP contribution in [0.5, 0.6) is 0 Å². The Morgan fingerprint density at radius 1 is 1.42 bits per heavy atom. The summed E-state index contributed by atoms with van der Waals surface area (Å²) in [4.78, 5) is 13.2. The molecule has 3 N–H and O–H groups in total. The first kappa shape index (κ1) is 13.9. The van der Waals surface area contributed by atoms with Crippen molar-refractivity contribution in [1.82, 2.24) is 0 Å². The summed E-state index contributed by atoms with van der Waals surface area (Å²) >= 11 is 0. The number of piperidine rings is 1. The molecule has 1 saturated heterocycles. The van der Waals surface area contributed by atoms with E-state index in [4.69, 9.17) is 10.8 Å². The zero-order chi connectivity index (χ0) is 13.8. The van der Waals surface area contributed by atoms with E-state index >= 15 is 0 Å². The summed E-state index contributed by atoms with van der Waals surface area (Å²) in [6.07, 6.45) is 2.77. The Morgan fingerprint density at radius 3 is 2.68 bits per heavy atom. The summed E-state index contributed by atoms with van der Waals surface area (Å²) in [5.41, 5.74) is 7.83. The number of nitrogens with two attached hydrogens (primary N) is 1. The topological polar surface area (TPSA) is 66.6 Å². The van der Waals surface area contributed by atoms with Crippen LogP contribution in [0.4, 0.5) is 5.69 Å². The molecule has 1 aromatic rings. The highest BCUT2D eigenvalue weighted by molar-refractivity contribution is 5.74. The molecule has 0 aromatic heterocycles. The largest absolute Gasteiger partial charge is 0.480 e. The van der Waals surface area contributed by atoms with Crippen molar-refractivity contribution in [3.8, 4) is 0 Å². The van der Waals surface area contributed by atoms with Gasteiger partial charge >= 0.3 is 5.97 Å². The van der Waals surface area contributed by atoms with Crippen LogP contribution in [-0.4, -0.2) is 30.2 Å². The average molecular weight is 262 g/mol. The smallest absolute Gasteiger partial charge is 0.320 e. The molecule has 1 fully saturated rings. The molecule has 1 aliphatic heterocycles. The van der Waals surface area contributed by atoms with Crippen molar-refractivity contribution in [2.75, 3.05) is 18.0 Å². The van der Waals surface area contributed by atoms with E-state index in [9.17, 15) is 4.79 Å². The quantitative estimate of drug-likeness (QED) is 0.869. The summed E-state index contributed by atoms with van der Waals surface area (Å²) < 4.78 is 0. The number of hydrogen-bond donors (Lipinski definition) is 2. The van der Waals surface area contributed by atoms with E-state index in [0.717, 1.165) is 30.3 Å². The molecule has 0 spiro atoms. The fourth-order valence-corrected chi connectivity index (χ4v) is 2.57. The Bertz CT molecular complexity index is 440. The van der Waals surface area contributed by atoms with Crippen molar-refractivity contribution in [1.29, 1.82) is 0 Å². The maximum Gasteiger partial charge on any atom is 0.320 e. The van der Waals surface area contributed by atoms with E-state index in [0.29, 0.717) is 6.42 Å². The monoisotopic (exact) mass is 262 g/mol. The van der Waals surface area contributed by atoms with Crippen LogP contribution in [0, 0.1) is 5.92 Å². The first-order valence-corrected chi connectivity index (χ1v) is 6.89. The van der Waals surface area contributed by atoms with Gasteiger partial charge in [-0.15, -0.1) is 0 Å². The highest BCUT2D eigenvalue weighted by atomic mass is 16.4. The van der Waals surface area contributed by atoms with Gasteiger partial charge < -0.3 is 15.7 Å². The molecular weight excluding hydrogens is 240 g/mol. The molecule has 1 aliphatic rings. The normalized spacial score (nSPS) is 18.3. The van der Waals surface area contributed by atoms with Crippen LogP contribution in [-0.2, 0) is 11.2 Å². The minimum absolute atomic E-state index is 0.386. The van der Waals surface area contributed by atoms with Gasteiger partial charge in [0.05, 0.1) is 0 Å². The molecule has 0 amide bonds. The van der Waals surface area contributed by atoms with Gasteiger partial charge in [0.2, 0.25) is 0 Å². The second-order valence-corrected chi connectivity index (χ2v) is 5.45. The number of rotatable bonds is 4. The van der Waals surface area contributed by atoms with Crippen molar-refractivity contribution >= 4 is 11.7 Å². The zero-order valence-corrected chi connectivity index (χ0v) is 11.4. The number of anilines is 1. The van der Waals surface area contributed by atoms with E-state index in [1.807, 2.05) is 18.2 Å². The maximum atomic E-state index is 10.9. The molecule has 1 atom stereocenters. The molecule has 4 nitrogen and oxygen atoms in total. The fraction of sp³-hybridized carbons (Fsp3) is 0.533. The summed E-state index contributed by atoms with van der Waals surface area (Å²) in [6.45, 7) is 4.37. The molecule has 0 saturated carbocycles. The minimum Gasteiger partial charge on any atom is -0.480 e. The number of nitrogens with zero attached hydrogens (tertiary/aromatic N) is 1. The van der Waals surface area contributed by atoms with Gasteiger partial charge in [0, 0.05) is 25.2 Å². The number of carboxylic acid groups (broad SMARTS) is 1. The van der Waals surface area contributed by atoms with Crippen LogP contribution in [0.2, 0.25) is 0 Å². The van der Waals surface area contributed by atoms with Gasteiger partial charge in [-0.3, -0.25) is 4.79 Å². The van der Waals surface area contributed by atoms with Gasteiger partial charge in [-0.2, -0.15) is 0 Å². The van der Waals surface area contributed by atoms with Crippen LogP contribution >= 0.6 is 0 Å². The molecule has 4 heteroatoms. The second kappa shape index (κ2) is 6.06. The molecule has 19 heavy (non-hydrogen) atoms. The number of aliphatic carboxylic acids is 1. The van der Waals surface area contributed by atoms with Crippen molar-refractivity contribution in [3.63, 3.8) is 0 Å². The molecule has 104 valence electrons. The van der Waals surface area contributed by atoms with Gasteiger partial charge in [-0.1, -0.05) is 25.1 Å². The van der Waals surface area contributed by atoms with Gasteiger partial charge in [0.1, 0.15) is 6.04 Å². The number of para-hydroxylation sites is 1. The van der Waals surface area contributed by atoms with Gasteiger partial charge in [0.25, 0.3) is 0 Å². The average Bonchev–Trinajstić information content (AvgIpc) is 2.40. The maximum absolute atomic E-state index is 10.9. The standard InChI is InChI=1S/C15H22N2O2/c1-11-6-8-17(9-7-11)14-5-3-2-4-12(14)10-13(16)15(18)19/h2-5,11,13H,6-10,16H2,1H3,(H,18,19)/t13-/m0/s1.